The van der Waals surface area contributed by atoms with E-state index in [1.807, 2.05) is 49.5 Å². The van der Waals surface area contributed by atoms with Crippen molar-refractivity contribution < 1.29 is 10.0 Å². The van der Waals surface area contributed by atoms with Crippen molar-refractivity contribution in [1.29, 1.82) is 0 Å². The van der Waals surface area contributed by atoms with Gasteiger partial charge in [-0.2, -0.15) is 0 Å². The summed E-state index contributed by atoms with van der Waals surface area (Å²) < 4.78 is 3.17. The Morgan fingerprint density at radius 1 is 1.25 bits per heavy atom. The van der Waals surface area contributed by atoms with Crippen molar-refractivity contribution in [3.05, 3.63) is 64.8 Å². The summed E-state index contributed by atoms with van der Waals surface area (Å²) in [5.74, 6) is -0.0155. The molecule has 0 saturated heterocycles. The lowest BCUT2D eigenvalue weighted by Crippen LogP contribution is -2.34. The van der Waals surface area contributed by atoms with Crippen LogP contribution in [0.4, 0.5) is 5.69 Å². The first kappa shape index (κ1) is 20.5. The molecule has 1 aliphatic carbocycles. The zero-order valence-corrected chi connectivity index (χ0v) is 17.6. The normalized spacial score (nSPS) is 14.3. The van der Waals surface area contributed by atoms with Crippen molar-refractivity contribution in [2.24, 2.45) is 5.73 Å². The van der Waals surface area contributed by atoms with E-state index in [4.69, 9.17) is 10.9 Å². The second kappa shape index (κ2) is 8.45. The Labute approximate surface area is 173 Å². The number of para-hydroxylation sites is 1. The van der Waals surface area contributed by atoms with E-state index in [2.05, 4.69) is 32.6 Å². The van der Waals surface area contributed by atoms with Crippen LogP contribution in [0, 0.1) is 0 Å². The van der Waals surface area contributed by atoms with Crippen LogP contribution >= 0.6 is 15.9 Å². The van der Waals surface area contributed by atoms with E-state index in [9.17, 15) is 4.79 Å². The molecule has 4 N–H and O–H groups in total. The van der Waals surface area contributed by atoms with Crippen LogP contribution in [0.15, 0.2) is 59.1 Å². The standard InChI is InChI=1S/C20H20BrN3O.CH5NO/c1-23(16-5-3-2-4-6-16)19(25)18-12-14-11-15(21)7-8-17(14)24(18)20(13-22)9-10-20;1-2-3/h2-8,11-12H,9-10,13,22H2,1H3;2-3H,1H3. The maximum absolute atomic E-state index is 13.3. The number of carbonyl (C=O) groups is 1. The van der Waals surface area contributed by atoms with Crippen LogP contribution in [0.3, 0.4) is 0 Å². The van der Waals surface area contributed by atoms with E-state index < -0.39 is 0 Å². The van der Waals surface area contributed by atoms with Gasteiger partial charge in [0.05, 0.1) is 5.54 Å². The van der Waals surface area contributed by atoms with Crippen LogP contribution in [-0.2, 0) is 5.54 Å². The summed E-state index contributed by atoms with van der Waals surface area (Å²) in [6.07, 6.45) is 2.03. The van der Waals surface area contributed by atoms with Crippen LogP contribution < -0.4 is 16.1 Å². The molecule has 4 rings (SSSR count). The van der Waals surface area contributed by atoms with E-state index in [1.54, 1.807) is 10.4 Å². The smallest absolute Gasteiger partial charge is 0.274 e. The van der Waals surface area contributed by atoms with Crippen LogP contribution in [0.5, 0.6) is 0 Å². The molecule has 1 aliphatic rings. The number of fused-ring (bicyclic) bond motifs is 1. The van der Waals surface area contributed by atoms with Crippen molar-refractivity contribution in [1.82, 2.24) is 10.0 Å². The highest BCUT2D eigenvalue weighted by molar-refractivity contribution is 9.10. The highest BCUT2D eigenvalue weighted by Gasteiger charge is 2.46. The number of aromatic nitrogens is 1. The van der Waals surface area contributed by atoms with Crippen molar-refractivity contribution in [3.8, 4) is 0 Å². The van der Waals surface area contributed by atoms with Gasteiger partial charge in [-0.05, 0) is 49.2 Å². The molecule has 7 heteroatoms. The number of carbonyl (C=O) groups excluding carboxylic acids is 1. The number of amides is 1. The van der Waals surface area contributed by atoms with Gasteiger partial charge in [0.25, 0.3) is 5.91 Å². The summed E-state index contributed by atoms with van der Waals surface area (Å²) in [5.41, 5.74) is 10.3. The Balaban J connectivity index is 0.000000706. The number of nitrogens with zero attached hydrogens (tertiary/aromatic N) is 2. The topological polar surface area (TPSA) is 83.5 Å². The molecule has 28 heavy (non-hydrogen) atoms. The minimum Gasteiger partial charge on any atom is -0.329 e. The Bertz CT molecular complexity index is 967. The maximum atomic E-state index is 13.3. The lowest BCUT2D eigenvalue weighted by molar-refractivity contribution is 0.0981. The Morgan fingerprint density at radius 2 is 1.89 bits per heavy atom. The first-order valence-corrected chi connectivity index (χ1v) is 9.92. The molecular formula is C21H25BrN4O2. The number of hydrogen-bond acceptors (Lipinski definition) is 4. The first-order chi connectivity index (χ1) is 13.5. The monoisotopic (exact) mass is 444 g/mol. The van der Waals surface area contributed by atoms with Gasteiger partial charge in [0.2, 0.25) is 0 Å². The highest BCUT2D eigenvalue weighted by atomic mass is 79.9. The number of hydrogen-bond donors (Lipinski definition) is 3. The van der Waals surface area contributed by atoms with E-state index in [1.165, 1.54) is 7.05 Å². The van der Waals surface area contributed by atoms with Crippen molar-refractivity contribution >= 4 is 38.4 Å². The van der Waals surface area contributed by atoms with Gasteiger partial charge >= 0.3 is 0 Å². The van der Waals surface area contributed by atoms with Crippen molar-refractivity contribution in [3.63, 3.8) is 0 Å². The number of anilines is 1. The fourth-order valence-electron chi connectivity index (χ4n) is 3.46. The van der Waals surface area contributed by atoms with Gasteiger partial charge in [0.1, 0.15) is 5.69 Å². The number of rotatable bonds is 4. The molecule has 0 unspecified atom stereocenters. The Kier molecular flexibility index (Phi) is 6.20. The van der Waals surface area contributed by atoms with Gasteiger partial charge in [-0.1, -0.05) is 34.1 Å². The molecule has 0 spiro atoms. The quantitative estimate of drug-likeness (QED) is 0.535. The second-order valence-corrected chi connectivity index (χ2v) is 7.84. The average Bonchev–Trinajstić information content (AvgIpc) is 3.41. The minimum atomic E-state index is -0.127. The third-order valence-corrected chi connectivity index (χ3v) is 5.61. The summed E-state index contributed by atoms with van der Waals surface area (Å²) in [4.78, 5) is 15.0. The summed E-state index contributed by atoms with van der Waals surface area (Å²) in [6.45, 7) is 0.544. The molecule has 0 aliphatic heterocycles. The molecule has 1 saturated carbocycles. The summed E-state index contributed by atoms with van der Waals surface area (Å²) in [6, 6.07) is 17.8. The molecule has 1 fully saturated rings. The van der Waals surface area contributed by atoms with Crippen molar-refractivity contribution in [2.75, 3.05) is 25.5 Å². The molecular weight excluding hydrogens is 420 g/mol. The third kappa shape index (κ3) is 3.84. The number of benzene rings is 2. The molecule has 2 aromatic carbocycles. The highest BCUT2D eigenvalue weighted by Crippen LogP contribution is 2.46. The maximum Gasteiger partial charge on any atom is 0.274 e. The first-order valence-electron chi connectivity index (χ1n) is 9.13. The minimum absolute atomic E-state index is 0.0155. The number of halogens is 1. The van der Waals surface area contributed by atoms with E-state index in [0.717, 1.165) is 33.9 Å². The van der Waals surface area contributed by atoms with Crippen LogP contribution in [0.2, 0.25) is 0 Å². The Morgan fingerprint density at radius 3 is 2.46 bits per heavy atom. The average molecular weight is 445 g/mol. The lowest BCUT2D eigenvalue weighted by atomic mass is 10.2. The molecule has 0 bridgehead atoms. The summed E-state index contributed by atoms with van der Waals surface area (Å²) in [5, 5.41) is 8.37. The number of nitrogens with one attached hydrogen (secondary N) is 1. The zero-order chi connectivity index (χ0) is 20.3. The van der Waals surface area contributed by atoms with Gasteiger partial charge in [0.15, 0.2) is 0 Å². The number of hydroxylamine groups is 1. The lowest BCUT2D eigenvalue weighted by Gasteiger charge is -2.23. The summed E-state index contributed by atoms with van der Waals surface area (Å²) in [7, 11) is 3.25. The predicted octanol–water partition coefficient (Wildman–Crippen LogP) is 3.72. The van der Waals surface area contributed by atoms with Crippen LogP contribution in [0.25, 0.3) is 10.9 Å². The van der Waals surface area contributed by atoms with Crippen LogP contribution in [-0.4, -0.2) is 36.3 Å². The predicted molar refractivity (Wildman–Crippen MR) is 116 cm³/mol. The van der Waals surface area contributed by atoms with Gasteiger partial charge in [-0.25, -0.2) is 5.48 Å². The van der Waals surface area contributed by atoms with Crippen molar-refractivity contribution in [2.45, 2.75) is 18.4 Å². The van der Waals surface area contributed by atoms with E-state index in [0.29, 0.717) is 12.2 Å². The van der Waals surface area contributed by atoms with Gasteiger partial charge in [-0.15, -0.1) is 0 Å². The van der Waals surface area contributed by atoms with Crippen LogP contribution in [0.1, 0.15) is 23.3 Å². The van der Waals surface area contributed by atoms with E-state index >= 15 is 0 Å². The SMILES string of the molecule is CN(C(=O)c1cc2cc(Br)ccc2n1C1(CN)CC1)c1ccccc1.CNO. The fraction of sp³-hybridized carbons (Fsp3) is 0.286. The molecule has 148 valence electrons. The van der Waals surface area contributed by atoms with E-state index in [-0.39, 0.29) is 11.4 Å². The molecule has 1 aromatic heterocycles. The van der Waals surface area contributed by atoms with Gasteiger partial charge in [0, 0.05) is 41.7 Å². The third-order valence-electron chi connectivity index (χ3n) is 5.11. The van der Waals surface area contributed by atoms with Gasteiger partial charge < -0.3 is 20.4 Å². The zero-order valence-electron chi connectivity index (χ0n) is 16.0. The fourth-order valence-corrected chi connectivity index (χ4v) is 3.84. The van der Waals surface area contributed by atoms with Gasteiger partial charge in [-0.3, -0.25) is 4.79 Å². The second-order valence-electron chi connectivity index (χ2n) is 6.92. The molecule has 1 heterocycles. The molecule has 3 aromatic rings. The molecule has 0 atom stereocenters. The molecule has 6 nitrogen and oxygen atoms in total. The largest absolute Gasteiger partial charge is 0.329 e. The summed E-state index contributed by atoms with van der Waals surface area (Å²) >= 11 is 3.52. The molecule has 0 radical (unpaired) electrons. The Hall–Kier alpha value is -2.19. The molecule has 1 amide bonds. The number of nitrogens with two attached hydrogens (primary N) is 1.